The monoisotopic (exact) mass is 288 g/mol. The van der Waals surface area contributed by atoms with Crippen LogP contribution in [0.1, 0.15) is 49.2 Å². The molecule has 0 aliphatic carbocycles. The fourth-order valence-corrected chi connectivity index (χ4v) is 2.19. The lowest BCUT2D eigenvalue weighted by Crippen LogP contribution is -2.41. The molecule has 1 aliphatic heterocycles. The molecule has 0 bridgehead atoms. The number of aromatic carboxylic acids is 1. The summed E-state index contributed by atoms with van der Waals surface area (Å²) < 4.78 is 11.7. The fraction of sp³-hybridized carbons (Fsp3) is 0.438. The molecule has 2 rings (SSSR count). The summed E-state index contributed by atoms with van der Waals surface area (Å²) in [6.07, 6.45) is 1.89. The second-order valence-electron chi connectivity index (χ2n) is 6.36. The quantitative estimate of drug-likeness (QED) is 0.867. The average Bonchev–Trinajstić information content (AvgIpc) is 2.55. The van der Waals surface area contributed by atoms with Crippen molar-refractivity contribution in [1.82, 2.24) is 0 Å². The first kappa shape index (κ1) is 15.8. The highest BCUT2D eigenvalue weighted by atomic mass is 16.7. The summed E-state index contributed by atoms with van der Waals surface area (Å²) >= 11 is 0. The van der Waals surface area contributed by atoms with Gasteiger partial charge in [0.25, 0.3) is 0 Å². The Morgan fingerprint density at radius 2 is 1.76 bits per heavy atom. The van der Waals surface area contributed by atoms with Crippen LogP contribution in [-0.2, 0) is 9.31 Å². The molecule has 0 saturated carbocycles. The highest BCUT2D eigenvalue weighted by molar-refractivity contribution is 6.52. The summed E-state index contributed by atoms with van der Waals surface area (Å²) in [5.74, 6) is 0.945. The van der Waals surface area contributed by atoms with Crippen molar-refractivity contribution in [2.75, 3.05) is 0 Å². The standard InChI is InChI=1S/C16H21BO4/c1-11-10-12(6-7-13(11)14(18)19)8-9-17-20-15(2,3)16(4,5)21-17/h6-10H,1-5H3,(H,18,19). The molecule has 0 spiro atoms. The molecule has 0 amide bonds. The van der Waals surface area contributed by atoms with Crippen molar-refractivity contribution in [3.63, 3.8) is 0 Å². The van der Waals surface area contributed by atoms with Gasteiger partial charge in [0.05, 0.1) is 16.8 Å². The van der Waals surface area contributed by atoms with Crippen molar-refractivity contribution < 1.29 is 19.2 Å². The van der Waals surface area contributed by atoms with Gasteiger partial charge in [-0.25, -0.2) is 4.79 Å². The van der Waals surface area contributed by atoms with E-state index in [4.69, 9.17) is 14.4 Å². The zero-order chi connectivity index (χ0) is 15.8. The minimum absolute atomic E-state index is 0.322. The van der Waals surface area contributed by atoms with Crippen LogP contribution in [0, 0.1) is 6.92 Å². The third kappa shape index (κ3) is 3.19. The molecule has 0 aromatic heterocycles. The molecule has 1 N–H and O–H groups in total. The van der Waals surface area contributed by atoms with Crippen LogP contribution in [-0.4, -0.2) is 29.4 Å². The van der Waals surface area contributed by atoms with E-state index in [9.17, 15) is 4.79 Å². The molecule has 1 aromatic carbocycles. The predicted octanol–water partition coefficient (Wildman–Crippen LogP) is 3.34. The minimum Gasteiger partial charge on any atom is -0.478 e. The fourth-order valence-electron chi connectivity index (χ4n) is 2.19. The molecule has 0 atom stereocenters. The number of hydrogen-bond acceptors (Lipinski definition) is 3. The summed E-state index contributed by atoms with van der Waals surface area (Å²) in [4.78, 5) is 11.0. The van der Waals surface area contributed by atoms with Crippen LogP contribution in [0.2, 0.25) is 0 Å². The van der Waals surface area contributed by atoms with Crippen LogP contribution in [0.25, 0.3) is 6.08 Å². The summed E-state index contributed by atoms with van der Waals surface area (Å²) in [5, 5.41) is 9.02. The minimum atomic E-state index is -0.908. The van der Waals surface area contributed by atoms with E-state index in [0.717, 1.165) is 11.1 Å². The smallest absolute Gasteiger partial charge is 0.478 e. The summed E-state index contributed by atoms with van der Waals surface area (Å²) in [6, 6.07) is 5.23. The SMILES string of the molecule is Cc1cc(C=CB2OC(C)(C)C(C)(C)O2)ccc1C(=O)O. The molecule has 1 saturated heterocycles. The van der Waals surface area contributed by atoms with Gasteiger partial charge in [0, 0.05) is 0 Å². The first-order valence-electron chi connectivity index (χ1n) is 7.00. The number of aryl methyl sites for hydroxylation is 1. The lowest BCUT2D eigenvalue weighted by atomic mass is 9.89. The van der Waals surface area contributed by atoms with Gasteiger partial charge in [-0.2, -0.15) is 0 Å². The maximum Gasteiger partial charge on any atom is 0.487 e. The van der Waals surface area contributed by atoms with Crippen LogP contribution in [0.15, 0.2) is 24.2 Å². The van der Waals surface area contributed by atoms with Gasteiger partial charge in [-0.3, -0.25) is 0 Å². The average molecular weight is 288 g/mol. The number of benzene rings is 1. The molecule has 1 aromatic rings. The normalized spacial score (nSPS) is 20.1. The number of carbonyl (C=O) groups is 1. The van der Waals surface area contributed by atoms with Crippen molar-refractivity contribution in [3.05, 3.63) is 40.9 Å². The van der Waals surface area contributed by atoms with Gasteiger partial charge in [0.15, 0.2) is 0 Å². The third-order valence-corrected chi connectivity index (χ3v) is 4.20. The van der Waals surface area contributed by atoms with E-state index in [1.54, 1.807) is 19.1 Å². The largest absolute Gasteiger partial charge is 0.487 e. The van der Waals surface area contributed by atoms with Gasteiger partial charge < -0.3 is 14.4 Å². The predicted molar refractivity (Wildman–Crippen MR) is 83.3 cm³/mol. The topological polar surface area (TPSA) is 55.8 Å². The molecular formula is C16H21BO4. The van der Waals surface area contributed by atoms with Crippen LogP contribution < -0.4 is 0 Å². The number of rotatable bonds is 3. The Labute approximate surface area is 125 Å². The van der Waals surface area contributed by atoms with Gasteiger partial charge >= 0.3 is 13.1 Å². The Hall–Kier alpha value is -1.59. The highest BCUT2D eigenvalue weighted by Crippen LogP contribution is 2.37. The van der Waals surface area contributed by atoms with Crippen LogP contribution in [0.3, 0.4) is 0 Å². The molecule has 0 unspecified atom stereocenters. The molecule has 5 heteroatoms. The molecule has 4 nitrogen and oxygen atoms in total. The summed E-state index contributed by atoms with van der Waals surface area (Å²) in [6.45, 7) is 9.81. The van der Waals surface area contributed by atoms with E-state index in [2.05, 4.69) is 0 Å². The Kier molecular flexibility index (Phi) is 4.00. The van der Waals surface area contributed by atoms with Crippen molar-refractivity contribution in [1.29, 1.82) is 0 Å². The van der Waals surface area contributed by atoms with Crippen molar-refractivity contribution in [2.24, 2.45) is 0 Å². The van der Waals surface area contributed by atoms with E-state index in [1.165, 1.54) is 0 Å². The Morgan fingerprint density at radius 1 is 1.19 bits per heavy atom. The lowest BCUT2D eigenvalue weighted by molar-refractivity contribution is 0.00578. The second kappa shape index (κ2) is 5.32. The molecule has 0 radical (unpaired) electrons. The van der Waals surface area contributed by atoms with E-state index < -0.39 is 13.1 Å². The maximum absolute atomic E-state index is 11.0. The maximum atomic E-state index is 11.0. The van der Waals surface area contributed by atoms with Crippen LogP contribution in [0.4, 0.5) is 0 Å². The number of carboxylic acid groups (broad SMARTS) is 1. The molecule has 112 valence electrons. The van der Waals surface area contributed by atoms with Crippen molar-refractivity contribution in [2.45, 2.75) is 45.8 Å². The Bertz CT molecular complexity index is 574. The summed E-state index contributed by atoms with van der Waals surface area (Å²) in [7, 11) is -0.394. The van der Waals surface area contributed by atoms with Gasteiger partial charge in [-0.1, -0.05) is 24.2 Å². The zero-order valence-corrected chi connectivity index (χ0v) is 13.1. The third-order valence-electron chi connectivity index (χ3n) is 4.20. The summed E-state index contributed by atoms with van der Waals surface area (Å²) in [5.41, 5.74) is 1.27. The van der Waals surface area contributed by atoms with Crippen molar-refractivity contribution in [3.8, 4) is 0 Å². The lowest BCUT2D eigenvalue weighted by Gasteiger charge is -2.32. The molecular weight excluding hydrogens is 267 g/mol. The van der Waals surface area contributed by atoms with E-state index in [0.29, 0.717) is 5.56 Å². The van der Waals surface area contributed by atoms with Gasteiger partial charge in [-0.15, -0.1) is 0 Å². The van der Waals surface area contributed by atoms with Gasteiger partial charge in [-0.05, 0) is 51.8 Å². The number of hydrogen-bond donors (Lipinski definition) is 1. The van der Waals surface area contributed by atoms with Crippen molar-refractivity contribution >= 4 is 19.2 Å². The van der Waals surface area contributed by atoms with Crippen LogP contribution in [0.5, 0.6) is 0 Å². The molecule has 1 aliphatic rings. The van der Waals surface area contributed by atoms with Gasteiger partial charge in [0.2, 0.25) is 0 Å². The highest BCUT2D eigenvalue weighted by Gasteiger charge is 2.49. The van der Waals surface area contributed by atoms with E-state index in [-0.39, 0.29) is 11.2 Å². The molecule has 1 heterocycles. The first-order chi connectivity index (χ1) is 9.62. The second-order valence-corrected chi connectivity index (χ2v) is 6.36. The Morgan fingerprint density at radius 3 is 2.24 bits per heavy atom. The first-order valence-corrected chi connectivity index (χ1v) is 7.00. The van der Waals surface area contributed by atoms with E-state index in [1.807, 2.05) is 45.8 Å². The van der Waals surface area contributed by atoms with Gasteiger partial charge in [0.1, 0.15) is 0 Å². The molecule has 21 heavy (non-hydrogen) atoms. The number of carboxylic acids is 1. The zero-order valence-electron chi connectivity index (χ0n) is 13.1. The van der Waals surface area contributed by atoms with E-state index >= 15 is 0 Å². The molecule has 1 fully saturated rings. The van der Waals surface area contributed by atoms with Crippen LogP contribution >= 0.6 is 0 Å². The Balaban J connectivity index is 2.13.